The number of carbonyl (C=O) groups is 1. The minimum absolute atomic E-state index is 0.137. The maximum Gasteiger partial charge on any atom is 0.255 e. The summed E-state index contributed by atoms with van der Waals surface area (Å²) in [6.07, 6.45) is 6.10. The van der Waals surface area contributed by atoms with Crippen LogP contribution in [-0.4, -0.2) is 34.2 Å². The van der Waals surface area contributed by atoms with Crippen molar-refractivity contribution in [3.63, 3.8) is 0 Å². The summed E-state index contributed by atoms with van der Waals surface area (Å²) in [5, 5.41) is 12.6. The Morgan fingerprint density at radius 1 is 1.50 bits per heavy atom. The molecule has 0 bridgehead atoms. The number of hydrogen-bond acceptors (Lipinski definition) is 4. The van der Waals surface area contributed by atoms with Crippen molar-refractivity contribution in [2.24, 2.45) is 0 Å². The highest BCUT2D eigenvalue weighted by molar-refractivity contribution is 5.97. The van der Waals surface area contributed by atoms with Crippen LogP contribution >= 0.6 is 0 Å². The summed E-state index contributed by atoms with van der Waals surface area (Å²) in [6, 6.07) is 4.83. The number of methoxy groups -OCH3 is 1. The predicted octanol–water partition coefficient (Wildman–Crippen LogP) is 1.42. The number of para-hydroxylation sites is 1. The second-order valence-electron chi connectivity index (χ2n) is 4.27. The largest absolute Gasteiger partial charge is 0.504 e. The fourth-order valence-electron chi connectivity index (χ4n) is 1.85. The van der Waals surface area contributed by atoms with Crippen molar-refractivity contribution in [2.75, 3.05) is 13.7 Å². The average Bonchev–Trinajstić information content (AvgIpc) is 2.97. The number of hydrogen-bond donors (Lipinski definition) is 2. The Balaban J connectivity index is 1.86. The van der Waals surface area contributed by atoms with Gasteiger partial charge >= 0.3 is 0 Å². The van der Waals surface area contributed by atoms with Gasteiger partial charge in [-0.3, -0.25) is 4.79 Å². The molecular formula is C14H17N3O3. The quantitative estimate of drug-likeness (QED) is 0.782. The van der Waals surface area contributed by atoms with Crippen LogP contribution in [0.4, 0.5) is 0 Å². The van der Waals surface area contributed by atoms with Crippen LogP contribution in [0.1, 0.15) is 16.8 Å². The van der Waals surface area contributed by atoms with E-state index in [9.17, 15) is 9.90 Å². The highest BCUT2D eigenvalue weighted by Crippen LogP contribution is 2.29. The molecule has 20 heavy (non-hydrogen) atoms. The number of amides is 1. The molecule has 0 aliphatic carbocycles. The molecule has 1 heterocycles. The molecule has 0 fully saturated rings. The van der Waals surface area contributed by atoms with Gasteiger partial charge in [-0.05, 0) is 18.6 Å². The number of benzene rings is 1. The number of aromatic hydroxyl groups is 1. The van der Waals surface area contributed by atoms with E-state index >= 15 is 0 Å². The second-order valence-corrected chi connectivity index (χ2v) is 4.27. The van der Waals surface area contributed by atoms with E-state index in [1.54, 1.807) is 30.7 Å². The number of aryl methyl sites for hydroxylation is 1. The minimum atomic E-state index is -0.313. The van der Waals surface area contributed by atoms with Gasteiger partial charge in [-0.2, -0.15) is 0 Å². The summed E-state index contributed by atoms with van der Waals surface area (Å²) in [6.45, 7) is 1.30. The predicted molar refractivity (Wildman–Crippen MR) is 73.8 cm³/mol. The molecule has 2 rings (SSSR count). The van der Waals surface area contributed by atoms with Crippen molar-refractivity contribution >= 4 is 5.91 Å². The normalized spacial score (nSPS) is 10.2. The Morgan fingerprint density at radius 2 is 2.35 bits per heavy atom. The lowest BCUT2D eigenvalue weighted by atomic mass is 10.1. The van der Waals surface area contributed by atoms with Crippen LogP contribution in [0.15, 0.2) is 36.9 Å². The van der Waals surface area contributed by atoms with E-state index in [0.717, 1.165) is 13.0 Å². The van der Waals surface area contributed by atoms with Crippen LogP contribution in [0.25, 0.3) is 0 Å². The number of rotatable bonds is 6. The van der Waals surface area contributed by atoms with Crippen molar-refractivity contribution in [3.05, 3.63) is 42.5 Å². The highest BCUT2D eigenvalue weighted by atomic mass is 16.5. The van der Waals surface area contributed by atoms with Gasteiger partial charge in [0, 0.05) is 25.5 Å². The lowest BCUT2D eigenvalue weighted by Crippen LogP contribution is -2.25. The van der Waals surface area contributed by atoms with Crippen molar-refractivity contribution < 1.29 is 14.6 Å². The summed E-state index contributed by atoms with van der Waals surface area (Å²) < 4.78 is 6.91. The molecule has 0 radical (unpaired) electrons. The van der Waals surface area contributed by atoms with Gasteiger partial charge in [0.25, 0.3) is 5.91 Å². The molecule has 6 nitrogen and oxygen atoms in total. The smallest absolute Gasteiger partial charge is 0.255 e. The zero-order valence-electron chi connectivity index (χ0n) is 11.2. The summed E-state index contributed by atoms with van der Waals surface area (Å²) in [4.78, 5) is 15.9. The molecule has 0 aliphatic heterocycles. The van der Waals surface area contributed by atoms with Crippen molar-refractivity contribution in [2.45, 2.75) is 13.0 Å². The number of nitrogens with one attached hydrogen (secondary N) is 1. The number of imidazole rings is 1. The molecule has 0 saturated heterocycles. The SMILES string of the molecule is COc1cccc(C(=O)NCCCn2ccnc2)c1O. The second kappa shape index (κ2) is 6.60. The summed E-state index contributed by atoms with van der Waals surface area (Å²) in [5.74, 6) is -0.162. The van der Waals surface area contributed by atoms with Crippen molar-refractivity contribution in [1.82, 2.24) is 14.9 Å². The van der Waals surface area contributed by atoms with Gasteiger partial charge in [0.05, 0.1) is 19.0 Å². The Morgan fingerprint density at radius 3 is 3.05 bits per heavy atom. The lowest BCUT2D eigenvalue weighted by Gasteiger charge is -2.09. The number of nitrogens with zero attached hydrogens (tertiary/aromatic N) is 2. The fraction of sp³-hybridized carbons (Fsp3) is 0.286. The number of phenols is 1. The monoisotopic (exact) mass is 275 g/mol. The van der Waals surface area contributed by atoms with Gasteiger partial charge in [-0.1, -0.05) is 6.07 Å². The number of phenolic OH excluding ortho intramolecular Hbond substituents is 1. The molecule has 6 heteroatoms. The van der Waals surface area contributed by atoms with E-state index in [1.165, 1.54) is 7.11 Å². The minimum Gasteiger partial charge on any atom is -0.504 e. The van der Waals surface area contributed by atoms with E-state index in [1.807, 2.05) is 10.8 Å². The molecule has 1 amide bonds. The first-order chi connectivity index (χ1) is 9.72. The zero-order valence-corrected chi connectivity index (χ0v) is 11.2. The molecule has 2 N–H and O–H groups in total. The molecule has 2 aromatic rings. The third kappa shape index (κ3) is 3.28. The summed E-state index contributed by atoms with van der Waals surface area (Å²) >= 11 is 0. The first-order valence-electron chi connectivity index (χ1n) is 6.32. The Bertz CT molecular complexity index is 567. The van der Waals surface area contributed by atoms with Crippen LogP contribution in [-0.2, 0) is 6.54 Å². The number of aromatic nitrogens is 2. The Labute approximate surface area is 117 Å². The van der Waals surface area contributed by atoms with Gasteiger partial charge in [-0.25, -0.2) is 4.98 Å². The Hall–Kier alpha value is -2.50. The van der Waals surface area contributed by atoms with Crippen LogP contribution in [0.5, 0.6) is 11.5 Å². The van der Waals surface area contributed by atoms with Gasteiger partial charge < -0.3 is 19.7 Å². The summed E-state index contributed by atoms with van der Waals surface area (Å²) in [7, 11) is 1.45. The molecule has 1 aromatic carbocycles. The first kappa shape index (κ1) is 13.9. The fourth-order valence-corrected chi connectivity index (χ4v) is 1.85. The first-order valence-corrected chi connectivity index (χ1v) is 6.32. The highest BCUT2D eigenvalue weighted by Gasteiger charge is 2.13. The number of carbonyl (C=O) groups excluding carboxylic acids is 1. The molecule has 106 valence electrons. The Kier molecular flexibility index (Phi) is 4.60. The third-order valence-corrected chi connectivity index (χ3v) is 2.90. The van der Waals surface area contributed by atoms with Gasteiger partial charge in [0.2, 0.25) is 0 Å². The maximum absolute atomic E-state index is 11.9. The van der Waals surface area contributed by atoms with Crippen molar-refractivity contribution in [3.8, 4) is 11.5 Å². The molecule has 0 saturated carbocycles. The van der Waals surface area contributed by atoms with E-state index in [2.05, 4.69) is 10.3 Å². The van der Waals surface area contributed by atoms with Crippen LogP contribution in [0.2, 0.25) is 0 Å². The van der Waals surface area contributed by atoms with E-state index < -0.39 is 0 Å². The average molecular weight is 275 g/mol. The zero-order chi connectivity index (χ0) is 14.4. The lowest BCUT2D eigenvalue weighted by molar-refractivity contribution is 0.0949. The topological polar surface area (TPSA) is 76.4 Å². The number of ether oxygens (including phenoxy) is 1. The molecule has 0 unspecified atom stereocenters. The maximum atomic E-state index is 11.9. The van der Waals surface area contributed by atoms with Gasteiger partial charge in [0.15, 0.2) is 11.5 Å². The van der Waals surface area contributed by atoms with E-state index in [0.29, 0.717) is 6.54 Å². The standard InChI is InChI=1S/C14H17N3O3/c1-20-12-5-2-4-11(13(12)18)14(19)16-6-3-8-17-9-7-15-10-17/h2,4-5,7,9-10,18H,3,6,8H2,1H3,(H,16,19). The molecular weight excluding hydrogens is 258 g/mol. The van der Waals surface area contributed by atoms with Crippen molar-refractivity contribution in [1.29, 1.82) is 0 Å². The van der Waals surface area contributed by atoms with Crippen LogP contribution in [0, 0.1) is 0 Å². The third-order valence-electron chi connectivity index (χ3n) is 2.90. The van der Waals surface area contributed by atoms with Crippen LogP contribution < -0.4 is 10.1 Å². The summed E-state index contributed by atoms with van der Waals surface area (Å²) in [5.41, 5.74) is 0.215. The van der Waals surface area contributed by atoms with E-state index in [-0.39, 0.29) is 23.0 Å². The molecule has 0 spiro atoms. The van der Waals surface area contributed by atoms with Gasteiger partial charge in [0.1, 0.15) is 0 Å². The molecule has 1 aromatic heterocycles. The molecule has 0 atom stereocenters. The molecule has 0 aliphatic rings. The van der Waals surface area contributed by atoms with Crippen LogP contribution in [0.3, 0.4) is 0 Å². The van der Waals surface area contributed by atoms with E-state index in [4.69, 9.17) is 4.74 Å². The van der Waals surface area contributed by atoms with Gasteiger partial charge in [-0.15, -0.1) is 0 Å².